The summed E-state index contributed by atoms with van der Waals surface area (Å²) in [6.45, 7) is 0.442. The minimum absolute atomic E-state index is 0.261. The second kappa shape index (κ2) is 7.62. The maximum absolute atomic E-state index is 12.1. The predicted octanol–water partition coefficient (Wildman–Crippen LogP) is 0.576. The Morgan fingerprint density at radius 3 is 2.74 bits per heavy atom. The summed E-state index contributed by atoms with van der Waals surface area (Å²) in [5.74, 6) is -1.32. The van der Waals surface area contributed by atoms with E-state index < -0.39 is 11.9 Å². The van der Waals surface area contributed by atoms with Crippen LogP contribution in [0.4, 0.5) is 0 Å². The third kappa shape index (κ3) is 4.21. The van der Waals surface area contributed by atoms with Crippen LogP contribution >= 0.6 is 0 Å². The van der Waals surface area contributed by atoms with E-state index in [2.05, 4.69) is 0 Å². The maximum atomic E-state index is 12.1. The summed E-state index contributed by atoms with van der Waals surface area (Å²) in [6.07, 6.45) is 1.39. The average molecular weight is 320 g/mol. The lowest BCUT2D eigenvalue weighted by atomic mass is 9.97. The highest BCUT2D eigenvalue weighted by Gasteiger charge is 2.27. The largest absolute Gasteiger partial charge is 0.496 e. The maximum Gasteiger partial charge on any atom is 0.342 e. The van der Waals surface area contributed by atoms with Crippen molar-refractivity contribution in [1.29, 1.82) is 0 Å². The quantitative estimate of drug-likeness (QED) is 0.800. The summed E-state index contributed by atoms with van der Waals surface area (Å²) in [4.78, 5) is 36.9. The van der Waals surface area contributed by atoms with E-state index in [1.807, 2.05) is 0 Å². The number of methoxy groups -OCH3 is 1. The van der Waals surface area contributed by atoms with Crippen LogP contribution in [-0.4, -0.2) is 49.5 Å². The SMILES string of the molecule is COc1ccccc1C(=O)OCC(=O)N1CCC[C@H](C(N)=O)C1. The van der Waals surface area contributed by atoms with Gasteiger partial charge in [-0.2, -0.15) is 0 Å². The van der Waals surface area contributed by atoms with Crippen molar-refractivity contribution in [2.75, 3.05) is 26.8 Å². The molecule has 1 aliphatic rings. The zero-order chi connectivity index (χ0) is 16.8. The number of amides is 2. The number of rotatable bonds is 5. The van der Waals surface area contributed by atoms with Crippen LogP contribution in [0, 0.1) is 5.92 Å². The highest BCUT2D eigenvalue weighted by molar-refractivity contribution is 5.94. The smallest absolute Gasteiger partial charge is 0.342 e. The van der Waals surface area contributed by atoms with E-state index in [0.29, 0.717) is 25.1 Å². The molecule has 0 radical (unpaired) electrons. The first-order valence-corrected chi connectivity index (χ1v) is 7.40. The number of piperidine rings is 1. The number of primary amides is 1. The molecule has 0 aromatic heterocycles. The highest BCUT2D eigenvalue weighted by atomic mass is 16.5. The fourth-order valence-electron chi connectivity index (χ4n) is 2.55. The van der Waals surface area contributed by atoms with Crippen molar-refractivity contribution >= 4 is 17.8 Å². The molecule has 1 aromatic rings. The van der Waals surface area contributed by atoms with E-state index in [9.17, 15) is 14.4 Å². The normalized spacial score (nSPS) is 17.4. The van der Waals surface area contributed by atoms with Crippen molar-refractivity contribution in [1.82, 2.24) is 4.90 Å². The first-order chi connectivity index (χ1) is 11.0. The Bertz CT molecular complexity index is 602. The van der Waals surface area contributed by atoms with Gasteiger partial charge in [-0.25, -0.2) is 4.79 Å². The molecule has 1 heterocycles. The minimum Gasteiger partial charge on any atom is -0.496 e. The van der Waals surface area contributed by atoms with Crippen LogP contribution in [0.25, 0.3) is 0 Å². The Kier molecular flexibility index (Phi) is 5.56. The van der Waals surface area contributed by atoms with Gasteiger partial charge in [0.15, 0.2) is 6.61 Å². The van der Waals surface area contributed by atoms with Crippen LogP contribution in [0.1, 0.15) is 23.2 Å². The molecule has 2 N–H and O–H groups in total. The number of carbonyl (C=O) groups is 3. The summed E-state index contributed by atoms with van der Waals surface area (Å²) in [5, 5.41) is 0. The lowest BCUT2D eigenvalue weighted by Crippen LogP contribution is -2.45. The van der Waals surface area contributed by atoms with E-state index in [-0.39, 0.29) is 30.5 Å². The standard InChI is InChI=1S/C16H20N2O5/c1-22-13-7-3-2-6-12(13)16(21)23-10-14(19)18-8-4-5-11(9-18)15(17)20/h2-3,6-7,11H,4-5,8-10H2,1H3,(H2,17,20)/t11-/m0/s1. The number of esters is 1. The third-order valence-electron chi connectivity index (χ3n) is 3.83. The third-order valence-corrected chi connectivity index (χ3v) is 3.83. The average Bonchev–Trinajstić information content (AvgIpc) is 2.59. The Morgan fingerprint density at radius 1 is 1.30 bits per heavy atom. The van der Waals surface area contributed by atoms with Crippen LogP contribution in [-0.2, 0) is 14.3 Å². The molecule has 2 amide bonds. The summed E-state index contributed by atoms with van der Waals surface area (Å²) in [6, 6.07) is 6.62. The minimum atomic E-state index is -0.626. The number of nitrogens with two attached hydrogens (primary N) is 1. The molecule has 2 rings (SSSR count). The molecule has 0 bridgehead atoms. The Labute approximate surface area is 134 Å². The Balaban J connectivity index is 1.91. The van der Waals surface area contributed by atoms with E-state index in [1.165, 1.54) is 12.0 Å². The summed E-state index contributed by atoms with van der Waals surface area (Å²) < 4.78 is 10.1. The lowest BCUT2D eigenvalue weighted by molar-refractivity contribution is -0.137. The number of benzene rings is 1. The van der Waals surface area contributed by atoms with Crippen molar-refractivity contribution in [2.45, 2.75) is 12.8 Å². The molecule has 124 valence electrons. The van der Waals surface area contributed by atoms with Gasteiger partial charge in [0, 0.05) is 13.1 Å². The van der Waals surface area contributed by atoms with Crippen molar-refractivity contribution in [2.24, 2.45) is 11.7 Å². The Hall–Kier alpha value is -2.57. The van der Waals surface area contributed by atoms with Gasteiger partial charge in [0.2, 0.25) is 5.91 Å². The fraction of sp³-hybridized carbons (Fsp3) is 0.438. The van der Waals surface area contributed by atoms with E-state index >= 15 is 0 Å². The van der Waals surface area contributed by atoms with Crippen LogP contribution in [0.5, 0.6) is 5.75 Å². The number of hydrogen-bond acceptors (Lipinski definition) is 5. The van der Waals surface area contributed by atoms with Gasteiger partial charge < -0.3 is 20.1 Å². The van der Waals surface area contributed by atoms with Gasteiger partial charge in [0.05, 0.1) is 13.0 Å². The van der Waals surface area contributed by atoms with Crippen molar-refractivity contribution in [3.63, 3.8) is 0 Å². The van der Waals surface area contributed by atoms with E-state index in [4.69, 9.17) is 15.2 Å². The first kappa shape index (κ1) is 16.8. The number of nitrogens with zero attached hydrogens (tertiary/aromatic N) is 1. The van der Waals surface area contributed by atoms with Gasteiger partial charge in [0.1, 0.15) is 11.3 Å². The van der Waals surface area contributed by atoms with Crippen LogP contribution in [0.2, 0.25) is 0 Å². The van der Waals surface area contributed by atoms with Gasteiger partial charge in [0.25, 0.3) is 5.91 Å². The van der Waals surface area contributed by atoms with E-state index in [1.54, 1.807) is 24.3 Å². The van der Waals surface area contributed by atoms with Crippen LogP contribution < -0.4 is 10.5 Å². The molecule has 0 aliphatic carbocycles. The molecule has 0 unspecified atom stereocenters. The molecule has 1 fully saturated rings. The molecule has 1 aromatic carbocycles. The zero-order valence-corrected chi connectivity index (χ0v) is 13.0. The van der Waals surface area contributed by atoms with Crippen LogP contribution in [0.15, 0.2) is 24.3 Å². The van der Waals surface area contributed by atoms with E-state index in [0.717, 1.165) is 0 Å². The van der Waals surface area contributed by atoms with Crippen molar-refractivity contribution < 1.29 is 23.9 Å². The number of hydrogen-bond donors (Lipinski definition) is 1. The molecular weight excluding hydrogens is 300 g/mol. The molecule has 0 spiro atoms. The van der Waals surface area contributed by atoms with Crippen molar-refractivity contribution in [3.05, 3.63) is 29.8 Å². The van der Waals surface area contributed by atoms with Gasteiger partial charge in [-0.05, 0) is 25.0 Å². The van der Waals surface area contributed by atoms with Gasteiger partial charge in [-0.1, -0.05) is 12.1 Å². The molecule has 23 heavy (non-hydrogen) atoms. The predicted molar refractivity (Wildman–Crippen MR) is 81.8 cm³/mol. The number of ether oxygens (including phenoxy) is 2. The second-order valence-electron chi connectivity index (χ2n) is 5.36. The number of para-hydroxylation sites is 1. The number of carbonyl (C=O) groups excluding carboxylic acids is 3. The lowest BCUT2D eigenvalue weighted by Gasteiger charge is -2.31. The number of likely N-dealkylation sites (tertiary alicyclic amines) is 1. The summed E-state index contributed by atoms with van der Waals surface area (Å²) in [5.41, 5.74) is 5.54. The molecular formula is C16H20N2O5. The van der Waals surface area contributed by atoms with Gasteiger partial charge in [-0.15, -0.1) is 0 Å². The molecule has 7 nitrogen and oxygen atoms in total. The first-order valence-electron chi connectivity index (χ1n) is 7.40. The van der Waals surface area contributed by atoms with Gasteiger partial charge >= 0.3 is 5.97 Å². The fourth-order valence-corrected chi connectivity index (χ4v) is 2.55. The van der Waals surface area contributed by atoms with Crippen LogP contribution in [0.3, 0.4) is 0 Å². The van der Waals surface area contributed by atoms with Crippen molar-refractivity contribution in [3.8, 4) is 5.75 Å². The summed E-state index contributed by atoms with van der Waals surface area (Å²) >= 11 is 0. The molecule has 1 saturated heterocycles. The highest BCUT2D eigenvalue weighted by Crippen LogP contribution is 2.19. The molecule has 1 atom stereocenters. The molecule has 0 saturated carbocycles. The second-order valence-corrected chi connectivity index (χ2v) is 5.36. The summed E-state index contributed by atoms with van der Waals surface area (Å²) in [7, 11) is 1.45. The Morgan fingerprint density at radius 2 is 2.04 bits per heavy atom. The molecule has 1 aliphatic heterocycles. The monoisotopic (exact) mass is 320 g/mol. The zero-order valence-electron chi connectivity index (χ0n) is 13.0. The molecule has 7 heteroatoms. The topological polar surface area (TPSA) is 98.9 Å². The van der Waals surface area contributed by atoms with Gasteiger partial charge in [-0.3, -0.25) is 9.59 Å².